The Labute approximate surface area is 193 Å². The summed E-state index contributed by atoms with van der Waals surface area (Å²) in [6.07, 6.45) is 0.919. The van der Waals surface area contributed by atoms with E-state index in [1.165, 1.54) is 12.1 Å². The number of ketones is 1. The van der Waals surface area contributed by atoms with Gasteiger partial charge in [0.25, 0.3) is 5.69 Å². The third-order valence-electron chi connectivity index (χ3n) is 6.54. The molecule has 0 saturated carbocycles. The number of carbonyl (C=O) groups excluding carboxylic acids is 1. The van der Waals surface area contributed by atoms with Crippen molar-refractivity contribution in [1.29, 1.82) is 5.26 Å². The van der Waals surface area contributed by atoms with E-state index in [2.05, 4.69) is 6.07 Å². The number of non-ortho nitro benzene ring substituents is 1. The molecule has 0 radical (unpaired) electrons. The Balaban J connectivity index is 2.01. The molecule has 2 N–H and O–H groups in total. The highest BCUT2D eigenvalue weighted by Gasteiger charge is 2.44. The molecule has 4 rings (SSSR count). The van der Waals surface area contributed by atoms with Crippen molar-refractivity contribution in [2.24, 2.45) is 11.1 Å². The molecule has 0 fully saturated rings. The fraction of sp³-hybridized carbons (Fsp3) is 0.308. The molecule has 7 heteroatoms. The Bertz CT molecular complexity index is 1300. The molecule has 0 unspecified atom stereocenters. The van der Waals surface area contributed by atoms with E-state index in [1.807, 2.05) is 50.8 Å². The number of anilines is 1. The number of Topliss-reactive ketones (excluding diaryl/α,β-unsaturated/α-hetero) is 1. The monoisotopic (exact) mass is 442 g/mol. The third kappa shape index (κ3) is 3.78. The topological polar surface area (TPSA) is 113 Å². The first-order valence-electron chi connectivity index (χ1n) is 10.8. The molecule has 2 aliphatic rings. The number of nitrogens with two attached hydrogens (primary N) is 1. The average Bonchev–Trinajstić information content (AvgIpc) is 2.74. The molecule has 2 aromatic rings. The van der Waals surface area contributed by atoms with Crippen LogP contribution in [0.3, 0.4) is 0 Å². The first-order valence-corrected chi connectivity index (χ1v) is 10.8. The second-order valence-electron chi connectivity index (χ2n) is 9.60. The van der Waals surface area contributed by atoms with E-state index >= 15 is 0 Å². The van der Waals surface area contributed by atoms with Crippen molar-refractivity contribution < 1.29 is 9.72 Å². The van der Waals surface area contributed by atoms with Gasteiger partial charge in [-0.2, -0.15) is 5.26 Å². The van der Waals surface area contributed by atoms with Gasteiger partial charge in [0.1, 0.15) is 5.82 Å². The first-order chi connectivity index (χ1) is 15.5. The summed E-state index contributed by atoms with van der Waals surface area (Å²) in [6.45, 7) is 8.10. The second-order valence-corrected chi connectivity index (χ2v) is 9.60. The zero-order valence-electron chi connectivity index (χ0n) is 19.2. The predicted molar refractivity (Wildman–Crippen MR) is 126 cm³/mol. The molecule has 1 atom stereocenters. The van der Waals surface area contributed by atoms with Crippen LogP contribution >= 0.6 is 0 Å². The van der Waals surface area contributed by atoms with Crippen LogP contribution in [0.2, 0.25) is 0 Å². The van der Waals surface area contributed by atoms with Crippen LogP contribution < -0.4 is 10.6 Å². The number of hydrogen-bond donors (Lipinski definition) is 1. The van der Waals surface area contributed by atoms with E-state index < -0.39 is 10.8 Å². The lowest BCUT2D eigenvalue weighted by Crippen LogP contribution is -2.42. The van der Waals surface area contributed by atoms with Gasteiger partial charge in [-0.05, 0) is 54.5 Å². The van der Waals surface area contributed by atoms with E-state index in [9.17, 15) is 20.2 Å². The number of nitriles is 1. The standard InChI is InChI=1S/C26H26N4O3/c1-15-8-9-18(10-16(15)2)29-21-12-26(3,4)13-22(31)24(21)23(20(14-27)25(29)28)17-6-5-7-19(11-17)30(32)33/h5-11,23H,12-13,28H2,1-4H3/t23-/m0/s1. The Kier molecular flexibility index (Phi) is 5.33. The summed E-state index contributed by atoms with van der Waals surface area (Å²) in [5.41, 5.74) is 11.2. The molecule has 33 heavy (non-hydrogen) atoms. The third-order valence-corrected chi connectivity index (χ3v) is 6.54. The molecule has 1 aliphatic carbocycles. The van der Waals surface area contributed by atoms with Gasteiger partial charge < -0.3 is 5.73 Å². The number of carbonyl (C=O) groups is 1. The highest BCUT2D eigenvalue weighted by Crippen LogP contribution is 2.50. The van der Waals surface area contributed by atoms with E-state index in [0.29, 0.717) is 24.0 Å². The molecule has 2 aromatic carbocycles. The van der Waals surface area contributed by atoms with Crippen LogP contribution in [0.25, 0.3) is 0 Å². The number of nitro groups is 1. The molecular formula is C26H26N4O3. The van der Waals surface area contributed by atoms with Crippen molar-refractivity contribution in [3.8, 4) is 6.07 Å². The molecular weight excluding hydrogens is 416 g/mol. The summed E-state index contributed by atoms with van der Waals surface area (Å²) >= 11 is 0. The average molecular weight is 443 g/mol. The molecule has 0 bridgehead atoms. The lowest BCUT2D eigenvalue weighted by Gasteiger charge is -2.43. The largest absolute Gasteiger partial charge is 0.384 e. The molecule has 0 amide bonds. The van der Waals surface area contributed by atoms with Gasteiger partial charge in [-0.3, -0.25) is 19.8 Å². The van der Waals surface area contributed by atoms with E-state index in [0.717, 1.165) is 22.5 Å². The molecule has 0 spiro atoms. The fourth-order valence-corrected chi connectivity index (χ4v) is 4.82. The smallest absolute Gasteiger partial charge is 0.269 e. The van der Waals surface area contributed by atoms with Crippen molar-refractivity contribution in [3.05, 3.63) is 91.9 Å². The molecule has 1 heterocycles. The van der Waals surface area contributed by atoms with Gasteiger partial charge in [0, 0.05) is 35.5 Å². The predicted octanol–water partition coefficient (Wildman–Crippen LogP) is 5.15. The van der Waals surface area contributed by atoms with Gasteiger partial charge in [0.05, 0.1) is 22.5 Å². The van der Waals surface area contributed by atoms with Crippen LogP contribution in [0.1, 0.15) is 49.3 Å². The molecule has 7 nitrogen and oxygen atoms in total. The summed E-state index contributed by atoms with van der Waals surface area (Å²) in [7, 11) is 0. The van der Waals surface area contributed by atoms with Gasteiger partial charge in [0.2, 0.25) is 0 Å². The maximum absolute atomic E-state index is 13.5. The maximum atomic E-state index is 13.5. The number of aryl methyl sites for hydroxylation is 2. The maximum Gasteiger partial charge on any atom is 0.269 e. The highest BCUT2D eigenvalue weighted by molar-refractivity contribution is 6.01. The van der Waals surface area contributed by atoms with Crippen LogP contribution in [-0.4, -0.2) is 10.7 Å². The minimum absolute atomic E-state index is 0.0631. The molecule has 0 aromatic heterocycles. The van der Waals surface area contributed by atoms with Gasteiger partial charge >= 0.3 is 0 Å². The van der Waals surface area contributed by atoms with Crippen molar-refractivity contribution in [2.75, 3.05) is 4.90 Å². The summed E-state index contributed by atoms with van der Waals surface area (Å²) in [5, 5.41) is 21.5. The Morgan fingerprint density at radius 3 is 2.52 bits per heavy atom. The normalized spacial score (nSPS) is 19.9. The first kappa shape index (κ1) is 22.3. The zero-order chi connectivity index (χ0) is 24.1. The fourth-order valence-electron chi connectivity index (χ4n) is 4.82. The lowest BCUT2D eigenvalue weighted by molar-refractivity contribution is -0.384. The molecule has 168 valence electrons. The molecule has 1 aliphatic heterocycles. The van der Waals surface area contributed by atoms with Crippen LogP contribution in [0, 0.1) is 40.7 Å². The Morgan fingerprint density at radius 1 is 1.15 bits per heavy atom. The van der Waals surface area contributed by atoms with Gasteiger partial charge in [-0.1, -0.05) is 32.0 Å². The van der Waals surface area contributed by atoms with Crippen LogP contribution in [0.5, 0.6) is 0 Å². The van der Waals surface area contributed by atoms with Gasteiger partial charge in [0.15, 0.2) is 5.78 Å². The summed E-state index contributed by atoms with van der Waals surface area (Å²) in [6, 6.07) is 14.3. The van der Waals surface area contributed by atoms with Crippen molar-refractivity contribution in [3.63, 3.8) is 0 Å². The number of allylic oxidation sites excluding steroid dienone is 3. The Morgan fingerprint density at radius 2 is 1.88 bits per heavy atom. The number of rotatable bonds is 3. The Hall–Kier alpha value is -3.92. The minimum Gasteiger partial charge on any atom is -0.384 e. The van der Waals surface area contributed by atoms with Crippen LogP contribution in [0.4, 0.5) is 11.4 Å². The van der Waals surface area contributed by atoms with Gasteiger partial charge in [-0.15, -0.1) is 0 Å². The molecule has 0 saturated heterocycles. The zero-order valence-corrected chi connectivity index (χ0v) is 19.2. The number of nitrogens with zero attached hydrogens (tertiary/aromatic N) is 3. The van der Waals surface area contributed by atoms with Gasteiger partial charge in [-0.25, -0.2) is 0 Å². The van der Waals surface area contributed by atoms with Crippen molar-refractivity contribution in [1.82, 2.24) is 0 Å². The van der Waals surface area contributed by atoms with E-state index in [1.54, 1.807) is 12.1 Å². The number of nitro benzene ring substituents is 1. The number of hydrogen-bond acceptors (Lipinski definition) is 6. The SMILES string of the molecule is Cc1ccc(N2C(N)=C(C#N)[C@H](c3cccc([N+](=O)[O-])c3)C3=C2CC(C)(C)CC3=O)cc1C. The van der Waals surface area contributed by atoms with Crippen LogP contribution in [-0.2, 0) is 4.79 Å². The lowest BCUT2D eigenvalue weighted by atomic mass is 9.68. The highest BCUT2D eigenvalue weighted by atomic mass is 16.6. The minimum atomic E-state index is -0.740. The van der Waals surface area contributed by atoms with Crippen LogP contribution in [0.15, 0.2) is 65.1 Å². The number of benzene rings is 2. The van der Waals surface area contributed by atoms with Crippen molar-refractivity contribution >= 4 is 17.2 Å². The quantitative estimate of drug-likeness (QED) is 0.519. The van der Waals surface area contributed by atoms with Crippen molar-refractivity contribution in [2.45, 2.75) is 46.5 Å². The summed E-state index contributed by atoms with van der Waals surface area (Å²) in [4.78, 5) is 26.3. The van der Waals surface area contributed by atoms with E-state index in [-0.39, 0.29) is 28.3 Å². The second kappa shape index (κ2) is 7.89. The summed E-state index contributed by atoms with van der Waals surface area (Å²) < 4.78 is 0. The summed E-state index contributed by atoms with van der Waals surface area (Å²) in [5.74, 6) is -0.551. The van der Waals surface area contributed by atoms with E-state index in [4.69, 9.17) is 5.73 Å².